The molecule has 0 fully saturated rings. The van der Waals surface area contributed by atoms with E-state index in [1.165, 1.54) is 116 Å². The van der Waals surface area contributed by atoms with Gasteiger partial charge in [0.05, 0.1) is 26.4 Å². The number of ether oxygens (including phenoxy) is 2. The second kappa shape index (κ2) is 31.2. The zero-order valence-electron chi connectivity index (χ0n) is 26.3. The molecule has 0 bridgehead atoms. The standard InChI is InChI=1S/C34H63O5P/c1-3-5-7-9-11-13-15-17-19-24-28-35-30-32-37-40(39-34-26-22-21-23-27-34)38-33-31-36-29-25-20-18-16-14-12-10-8-6-4-2/h21-23,26-27H,3-20,24-25,28-33H2,1-2H3. The van der Waals surface area contributed by atoms with Gasteiger partial charge in [-0.05, 0) is 25.0 Å². The summed E-state index contributed by atoms with van der Waals surface area (Å²) in [6, 6.07) is 9.72. The first-order valence-corrected chi connectivity index (χ1v) is 17.9. The van der Waals surface area contributed by atoms with Crippen LogP contribution in [0.5, 0.6) is 5.75 Å². The lowest BCUT2D eigenvalue weighted by Crippen LogP contribution is -2.09. The summed E-state index contributed by atoms with van der Waals surface area (Å²) in [4.78, 5) is 0. The Hall–Kier alpha value is -0.710. The predicted octanol–water partition coefficient (Wildman–Crippen LogP) is 11.2. The van der Waals surface area contributed by atoms with Crippen LogP contribution in [-0.2, 0) is 18.5 Å². The van der Waals surface area contributed by atoms with Crippen molar-refractivity contribution < 1.29 is 23.0 Å². The number of rotatable bonds is 32. The molecule has 0 saturated heterocycles. The summed E-state index contributed by atoms with van der Waals surface area (Å²) in [5.74, 6) is 0.756. The van der Waals surface area contributed by atoms with Gasteiger partial charge < -0.3 is 23.0 Å². The molecule has 1 rings (SSSR count). The molecule has 0 radical (unpaired) electrons. The highest BCUT2D eigenvalue weighted by Gasteiger charge is 2.15. The summed E-state index contributed by atoms with van der Waals surface area (Å²) in [6.07, 6.45) is 26.7. The fraction of sp³-hybridized carbons (Fsp3) is 0.824. The SMILES string of the molecule is CCCCCCCCCCCCOCCOP(OCCOCCCCCCCCCCCC)Oc1ccccc1. The lowest BCUT2D eigenvalue weighted by Gasteiger charge is -2.17. The normalized spacial score (nSPS) is 11.5. The van der Waals surface area contributed by atoms with Gasteiger partial charge in [-0.25, -0.2) is 0 Å². The molecule has 0 aliphatic rings. The van der Waals surface area contributed by atoms with E-state index in [1.807, 2.05) is 30.3 Å². The van der Waals surface area contributed by atoms with E-state index in [-0.39, 0.29) is 0 Å². The van der Waals surface area contributed by atoms with Gasteiger partial charge in [0.2, 0.25) is 0 Å². The highest BCUT2D eigenvalue weighted by Crippen LogP contribution is 2.40. The molecule has 1 aromatic carbocycles. The lowest BCUT2D eigenvalue weighted by atomic mass is 10.1. The molecule has 0 saturated carbocycles. The number of unbranched alkanes of at least 4 members (excludes halogenated alkanes) is 18. The predicted molar refractivity (Wildman–Crippen MR) is 171 cm³/mol. The van der Waals surface area contributed by atoms with Crippen molar-refractivity contribution in [2.75, 3.05) is 39.6 Å². The van der Waals surface area contributed by atoms with Gasteiger partial charge in [0, 0.05) is 13.2 Å². The number of para-hydroxylation sites is 1. The van der Waals surface area contributed by atoms with Crippen molar-refractivity contribution in [1.82, 2.24) is 0 Å². The van der Waals surface area contributed by atoms with Crippen LogP contribution in [0.1, 0.15) is 142 Å². The summed E-state index contributed by atoms with van der Waals surface area (Å²) in [7, 11) is -1.48. The van der Waals surface area contributed by atoms with E-state index in [9.17, 15) is 0 Å². The molecule has 5 nitrogen and oxygen atoms in total. The van der Waals surface area contributed by atoms with Crippen molar-refractivity contribution in [1.29, 1.82) is 0 Å². The molecule has 0 amide bonds. The van der Waals surface area contributed by atoms with Gasteiger partial charge in [-0.15, -0.1) is 0 Å². The second-order valence-electron chi connectivity index (χ2n) is 10.9. The zero-order chi connectivity index (χ0) is 28.6. The maximum absolute atomic E-state index is 5.95. The lowest BCUT2D eigenvalue weighted by molar-refractivity contribution is 0.0723. The molecule has 6 heteroatoms. The summed E-state index contributed by atoms with van der Waals surface area (Å²) < 4.78 is 29.3. The van der Waals surface area contributed by atoms with E-state index in [2.05, 4.69) is 13.8 Å². The average Bonchev–Trinajstić information content (AvgIpc) is 2.97. The number of hydrogen-bond acceptors (Lipinski definition) is 5. The monoisotopic (exact) mass is 582 g/mol. The summed E-state index contributed by atoms with van der Waals surface area (Å²) >= 11 is 0. The fourth-order valence-corrected chi connectivity index (χ4v) is 5.51. The summed E-state index contributed by atoms with van der Waals surface area (Å²) in [6.45, 7) is 8.20. The van der Waals surface area contributed by atoms with Crippen LogP contribution in [0.3, 0.4) is 0 Å². The Morgan fingerprint density at radius 3 is 1.20 bits per heavy atom. The molecule has 40 heavy (non-hydrogen) atoms. The second-order valence-corrected chi connectivity index (χ2v) is 12.0. The van der Waals surface area contributed by atoms with Crippen LogP contribution < -0.4 is 4.52 Å². The first kappa shape index (κ1) is 37.3. The Labute approximate surface area is 249 Å². The molecule has 1 aromatic rings. The average molecular weight is 583 g/mol. The molecule has 0 spiro atoms. The van der Waals surface area contributed by atoms with Crippen molar-refractivity contribution in [3.63, 3.8) is 0 Å². The van der Waals surface area contributed by atoms with E-state index < -0.39 is 8.60 Å². The van der Waals surface area contributed by atoms with E-state index in [0.29, 0.717) is 26.4 Å². The van der Waals surface area contributed by atoms with E-state index in [4.69, 9.17) is 23.0 Å². The van der Waals surface area contributed by atoms with Gasteiger partial charge in [0.15, 0.2) is 0 Å². The van der Waals surface area contributed by atoms with Crippen LogP contribution in [0.15, 0.2) is 30.3 Å². The maximum Gasteiger partial charge on any atom is 0.397 e. The summed E-state index contributed by atoms with van der Waals surface area (Å²) in [5, 5.41) is 0. The van der Waals surface area contributed by atoms with Crippen LogP contribution in [0.2, 0.25) is 0 Å². The maximum atomic E-state index is 5.95. The third-order valence-electron chi connectivity index (χ3n) is 7.06. The van der Waals surface area contributed by atoms with Gasteiger partial charge in [-0.3, -0.25) is 0 Å². The Kier molecular flexibility index (Phi) is 29.1. The van der Waals surface area contributed by atoms with Crippen LogP contribution in [0.4, 0.5) is 0 Å². The molecule has 0 aliphatic carbocycles. The zero-order valence-corrected chi connectivity index (χ0v) is 27.2. The van der Waals surface area contributed by atoms with E-state index >= 15 is 0 Å². The van der Waals surface area contributed by atoms with Crippen molar-refractivity contribution >= 4 is 8.60 Å². The van der Waals surface area contributed by atoms with Crippen molar-refractivity contribution in [3.05, 3.63) is 30.3 Å². The first-order chi connectivity index (χ1) is 19.9. The van der Waals surface area contributed by atoms with Crippen LogP contribution in [0, 0.1) is 0 Å². The number of hydrogen-bond donors (Lipinski definition) is 0. The third kappa shape index (κ3) is 26.2. The summed E-state index contributed by atoms with van der Waals surface area (Å²) in [5.41, 5.74) is 0. The molecule has 0 atom stereocenters. The minimum absolute atomic E-state index is 0.468. The van der Waals surface area contributed by atoms with Gasteiger partial charge in [0.1, 0.15) is 5.75 Å². The molecular weight excluding hydrogens is 519 g/mol. The smallest absolute Gasteiger partial charge is 0.397 e. The minimum atomic E-state index is -1.48. The Bertz CT molecular complexity index is 571. The van der Waals surface area contributed by atoms with Crippen LogP contribution in [0.25, 0.3) is 0 Å². The molecule has 0 heterocycles. The molecule has 0 unspecified atom stereocenters. The van der Waals surface area contributed by atoms with Gasteiger partial charge >= 0.3 is 8.60 Å². The Balaban J connectivity index is 2.02. The van der Waals surface area contributed by atoms with Gasteiger partial charge in [-0.1, -0.05) is 148 Å². The van der Waals surface area contributed by atoms with Crippen molar-refractivity contribution in [3.8, 4) is 5.75 Å². The number of benzene rings is 1. The largest absolute Gasteiger partial charge is 0.427 e. The van der Waals surface area contributed by atoms with Crippen LogP contribution >= 0.6 is 8.60 Å². The molecule has 234 valence electrons. The van der Waals surface area contributed by atoms with Crippen molar-refractivity contribution in [2.24, 2.45) is 0 Å². The quantitative estimate of drug-likeness (QED) is 0.0624. The molecule has 0 aliphatic heterocycles. The van der Waals surface area contributed by atoms with Crippen LogP contribution in [-0.4, -0.2) is 39.6 Å². The van der Waals surface area contributed by atoms with Gasteiger partial charge in [0.25, 0.3) is 0 Å². The Morgan fingerprint density at radius 1 is 0.425 bits per heavy atom. The molecule has 0 aromatic heterocycles. The van der Waals surface area contributed by atoms with E-state index in [0.717, 1.165) is 31.8 Å². The fourth-order valence-electron chi connectivity index (χ4n) is 4.59. The molecule has 0 N–H and O–H groups in total. The highest BCUT2D eigenvalue weighted by molar-refractivity contribution is 7.42. The van der Waals surface area contributed by atoms with Crippen molar-refractivity contribution in [2.45, 2.75) is 142 Å². The Morgan fingerprint density at radius 2 is 0.800 bits per heavy atom. The van der Waals surface area contributed by atoms with Gasteiger partial charge in [-0.2, -0.15) is 0 Å². The third-order valence-corrected chi connectivity index (χ3v) is 8.20. The van der Waals surface area contributed by atoms with E-state index in [1.54, 1.807) is 0 Å². The topological polar surface area (TPSA) is 46.2 Å². The highest BCUT2D eigenvalue weighted by atomic mass is 31.2. The minimum Gasteiger partial charge on any atom is -0.427 e. The first-order valence-electron chi connectivity index (χ1n) is 16.8. The molecular formula is C34H63O5P.